The lowest BCUT2D eigenvalue weighted by Crippen LogP contribution is -2.35. The zero-order chi connectivity index (χ0) is 14.8. The van der Waals surface area contributed by atoms with Crippen LogP contribution in [0.2, 0.25) is 0 Å². The van der Waals surface area contributed by atoms with Crippen molar-refractivity contribution in [2.24, 2.45) is 0 Å². The zero-order valence-corrected chi connectivity index (χ0v) is 11.5. The molecule has 21 heavy (non-hydrogen) atoms. The number of nitrogens with zero attached hydrogens (tertiary/aromatic N) is 3. The van der Waals surface area contributed by atoms with Gasteiger partial charge in [-0.15, -0.1) is 0 Å². The monoisotopic (exact) mass is 281 g/mol. The number of fused-ring (bicyclic) bond motifs is 1. The van der Waals surface area contributed by atoms with Crippen LogP contribution in [0.1, 0.15) is 22.4 Å². The van der Waals surface area contributed by atoms with Crippen molar-refractivity contribution in [3.05, 3.63) is 57.0 Å². The Morgan fingerprint density at radius 1 is 1.48 bits per heavy atom. The van der Waals surface area contributed by atoms with Gasteiger partial charge in [0.25, 0.3) is 5.56 Å². The fraction of sp³-hybridized carbons (Fsp3) is 0.267. The number of hydrogen-bond acceptors (Lipinski definition) is 5. The van der Waals surface area contributed by atoms with Crippen molar-refractivity contribution < 1.29 is 0 Å². The van der Waals surface area contributed by atoms with E-state index in [1.165, 1.54) is 0 Å². The summed E-state index contributed by atoms with van der Waals surface area (Å²) in [6.07, 6.45) is 0.710. The molecule has 2 heterocycles. The first-order valence-corrected chi connectivity index (χ1v) is 6.74. The van der Waals surface area contributed by atoms with Crippen molar-refractivity contribution in [2.45, 2.75) is 19.5 Å². The Bertz CT molecular complexity index is 774. The van der Waals surface area contributed by atoms with E-state index in [0.29, 0.717) is 30.6 Å². The molecule has 3 N–H and O–H groups in total. The molecule has 0 unspecified atom stereocenters. The highest BCUT2D eigenvalue weighted by atomic mass is 16.1. The van der Waals surface area contributed by atoms with Gasteiger partial charge >= 0.3 is 0 Å². The molecule has 1 aromatic carbocycles. The van der Waals surface area contributed by atoms with Gasteiger partial charge in [0.15, 0.2) is 0 Å². The summed E-state index contributed by atoms with van der Waals surface area (Å²) in [6.45, 7) is 2.08. The van der Waals surface area contributed by atoms with Crippen LogP contribution in [-0.2, 0) is 19.5 Å². The first-order chi connectivity index (χ1) is 10.2. The summed E-state index contributed by atoms with van der Waals surface area (Å²) >= 11 is 0. The van der Waals surface area contributed by atoms with Crippen LogP contribution >= 0.6 is 0 Å². The number of rotatable bonds is 2. The minimum Gasteiger partial charge on any atom is -0.369 e. The summed E-state index contributed by atoms with van der Waals surface area (Å²) in [7, 11) is 0. The molecule has 0 bridgehead atoms. The van der Waals surface area contributed by atoms with Crippen LogP contribution in [0, 0.1) is 11.3 Å². The first kappa shape index (κ1) is 13.3. The summed E-state index contributed by atoms with van der Waals surface area (Å²) in [4.78, 5) is 20.8. The van der Waals surface area contributed by atoms with Crippen molar-refractivity contribution >= 4 is 5.95 Å². The maximum atomic E-state index is 11.9. The molecule has 0 radical (unpaired) electrons. The SMILES string of the molecule is N#Cc1cccc(CN2CCc3nc(N)[nH]c(=O)c3C2)c1. The molecule has 1 aliphatic rings. The normalized spacial score (nSPS) is 14.4. The lowest BCUT2D eigenvalue weighted by Gasteiger charge is -2.27. The minimum absolute atomic E-state index is 0.159. The highest BCUT2D eigenvalue weighted by Gasteiger charge is 2.20. The molecule has 0 saturated heterocycles. The van der Waals surface area contributed by atoms with Crippen molar-refractivity contribution in [2.75, 3.05) is 12.3 Å². The van der Waals surface area contributed by atoms with E-state index in [0.717, 1.165) is 17.8 Å². The maximum Gasteiger partial charge on any atom is 0.257 e. The molecule has 3 rings (SSSR count). The molecule has 6 heteroatoms. The molecule has 6 nitrogen and oxygen atoms in total. The topological polar surface area (TPSA) is 98.8 Å². The van der Waals surface area contributed by atoms with Crippen molar-refractivity contribution in [1.82, 2.24) is 14.9 Å². The van der Waals surface area contributed by atoms with Crippen molar-refractivity contribution in [3.63, 3.8) is 0 Å². The van der Waals surface area contributed by atoms with Crippen LogP contribution in [0.25, 0.3) is 0 Å². The second-order valence-electron chi connectivity index (χ2n) is 5.15. The Labute approximate surface area is 121 Å². The zero-order valence-electron chi connectivity index (χ0n) is 11.5. The molecule has 0 atom stereocenters. The average molecular weight is 281 g/mol. The molecule has 106 valence electrons. The second kappa shape index (κ2) is 5.38. The molecule has 0 amide bonds. The van der Waals surface area contributed by atoms with E-state index >= 15 is 0 Å². The third-order valence-electron chi connectivity index (χ3n) is 3.63. The third kappa shape index (κ3) is 2.78. The van der Waals surface area contributed by atoms with Crippen LogP contribution in [0.15, 0.2) is 29.1 Å². The van der Waals surface area contributed by atoms with Gasteiger partial charge < -0.3 is 5.73 Å². The smallest absolute Gasteiger partial charge is 0.257 e. The van der Waals surface area contributed by atoms with E-state index in [-0.39, 0.29) is 11.5 Å². The number of benzene rings is 1. The molecule has 0 fully saturated rings. The van der Waals surface area contributed by atoms with Gasteiger partial charge in [-0.1, -0.05) is 12.1 Å². The number of anilines is 1. The molecular formula is C15H15N5O. The number of aromatic nitrogens is 2. The van der Waals surface area contributed by atoms with Gasteiger partial charge in [0.2, 0.25) is 5.95 Å². The molecular weight excluding hydrogens is 266 g/mol. The van der Waals surface area contributed by atoms with Crippen LogP contribution in [0.4, 0.5) is 5.95 Å². The highest BCUT2D eigenvalue weighted by molar-refractivity contribution is 5.33. The quantitative estimate of drug-likeness (QED) is 0.847. The lowest BCUT2D eigenvalue weighted by molar-refractivity contribution is 0.242. The number of nitrogen functional groups attached to an aromatic ring is 1. The molecule has 2 aromatic rings. The van der Waals surface area contributed by atoms with E-state index < -0.39 is 0 Å². The lowest BCUT2D eigenvalue weighted by atomic mass is 10.1. The van der Waals surface area contributed by atoms with Gasteiger partial charge in [-0.25, -0.2) is 4.98 Å². The van der Waals surface area contributed by atoms with Crippen LogP contribution < -0.4 is 11.3 Å². The van der Waals surface area contributed by atoms with E-state index in [4.69, 9.17) is 11.0 Å². The predicted molar refractivity (Wildman–Crippen MR) is 78.2 cm³/mol. The summed E-state index contributed by atoms with van der Waals surface area (Å²) in [6, 6.07) is 9.66. The molecule has 0 spiro atoms. The number of nitrogens with two attached hydrogens (primary N) is 1. The summed E-state index contributed by atoms with van der Waals surface area (Å²) in [5, 5.41) is 8.93. The minimum atomic E-state index is -0.159. The Hall–Kier alpha value is -2.65. The maximum absolute atomic E-state index is 11.9. The Morgan fingerprint density at radius 2 is 2.33 bits per heavy atom. The molecule has 0 aliphatic carbocycles. The third-order valence-corrected chi connectivity index (χ3v) is 3.63. The number of H-pyrrole nitrogens is 1. The molecule has 0 saturated carbocycles. The average Bonchev–Trinajstić information content (AvgIpc) is 2.48. The Balaban J connectivity index is 1.80. The Kier molecular flexibility index (Phi) is 3.42. The fourth-order valence-corrected chi connectivity index (χ4v) is 2.63. The van der Waals surface area contributed by atoms with Gasteiger partial charge in [0.1, 0.15) is 0 Å². The van der Waals surface area contributed by atoms with Gasteiger partial charge in [-0.05, 0) is 17.7 Å². The summed E-state index contributed by atoms with van der Waals surface area (Å²) in [5.74, 6) is 0.175. The van der Waals surface area contributed by atoms with Gasteiger partial charge in [0.05, 0.1) is 22.9 Å². The highest BCUT2D eigenvalue weighted by Crippen LogP contribution is 2.17. The number of nitriles is 1. The molecule has 1 aliphatic heterocycles. The van der Waals surface area contributed by atoms with Crippen molar-refractivity contribution in [1.29, 1.82) is 5.26 Å². The number of nitrogens with one attached hydrogen (secondary N) is 1. The van der Waals surface area contributed by atoms with Crippen LogP contribution in [0.3, 0.4) is 0 Å². The first-order valence-electron chi connectivity index (χ1n) is 6.74. The van der Waals surface area contributed by atoms with Crippen LogP contribution in [-0.4, -0.2) is 21.4 Å². The Morgan fingerprint density at radius 3 is 3.14 bits per heavy atom. The number of aromatic amines is 1. The largest absolute Gasteiger partial charge is 0.369 e. The van der Waals surface area contributed by atoms with E-state index in [1.807, 2.05) is 18.2 Å². The van der Waals surface area contributed by atoms with E-state index in [2.05, 4.69) is 20.9 Å². The van der Waals surface area contributed by atoms with Crippen molar-refractivity contribution in [3.8, 4) is 6.07 Å². The molecule has 1 aromatic heterocycles. The summed E-state index contributed by atoms with van der Waals surface area (Å²) in [5.41, 5.74) is 8.60. The predicted octanol–water partition coefficient (Wildman–Crippen LogP) is 0.782. The number of hydrogen-bond donors (Lipinski definition) is 2. The van der Waals surface area contributed by atoms with Crippen LogP contribution in [0.5, 0.6) is 0 Å². The summed E-state index contributed by atoms with van der Waals surface area (Å²) < 4.78 is 0. The van der Waals surface area contributed by atoms with E-state index in [1.54, 1.807) is 6.07 Å². The standard InChI is InChI=1S/C15H15N5O/c16-7-10-2-1-3-11(6-10)8-20-5-4-13-12(9-20)14(21)19-15(17)18-13/h1-3,6H,4-5,8-9H2,(H3,17,18,19,21). The second-order valence-corrected chi connectivity index (χ2v) is 5.15. The van der Waals surface area contributed by atoms with E-state index in [9.17, 15) is 4.79 Å². The van der Waals surface area contributed by atoms with Gasteiger partial charge in [-0.2, -0.15) is 5.26 Å². The van der Waals surface area contributed by atoms with Gasteiger partial charge in [0, 0.05) is 26.1 Å². The van der Waals surface area contributed by atoms with Gasteiger partial charge in [-0.3, -0.25) is 14.7 Å². The fourth-order valence-electron chi connectivity index (χ4n) is 2.63.